The second-order valence-corrected chi connectivity index (χ2v) is 13.7. The van der Waals surface area contributed by atoms with Crippen molar-refractivity contribution >= 4 is 47.7 Å². The topological polar surface area (TPSA) is 276 Å². The highest BCUT2D eigenvalue weighted by Crippen LogP contribution is 2.35. The molecule has 0 aliphatic carbocycles. The van der Waals surface area contributed by atoms with Crippen LogP contribution in [0.4, 0.5) is 0 Å². The summed E-state index contributed by atoms with van der Waals surface area (Å²) >= 11 is 0. The summed E-state index contributed by atoms with van der Waals surface area (Å²) in [5, 5.41) is 2.75. The number of carbonyl (C=O) groups is 8. The number of rotatable bonds is 22. The number of ether oxygens (including phenoxy) is 11. The van der Waals surface area contributed by atoms with Gasteiger partial charge < -0.3 is 63.2 Å². The van der Waals surface area contributed by atoms with Crippen LogP contribution in [0.5, 0.6) is 0 Å². The second kappa shape index (κ2) is 25.1. The van der Waals surface area contributed by atoms with Gasteiger partial charge in [-0.15, -0.1) is 0 Å². The molecule has 2 aliphatic heterocycles. The Bertz CT molecular complexity index is 1410. The number of amides is 1. The molecule has 21 nitrogen and oxygen atoms in total. The largest absolute Gasteiger partial charge is 0.463 e. The van der Waals surface area contributed by atoms with Gasteiger partial charge in [-0.05, 0) is 6.42 Å². The summed E-state index contributed by atoms with van der Waals surface area (Å²) in [6.07, 6.45) is -10.2. The zero-order valence-electron chi connectivity index (χ0n) is 34.3. The predicted molar refractivity (Wildman–Crippen MR) is 194 cm³/mol. The monoisotopic (exact) mass is 834 g/mol. The van der Waals surface area contributed by atoms with Crippen molar-refractivity contribution in [2.45, 2.75) is 161 Å². The van der Waals surface area contributed by atoms with Crippen LogP contribution in [-0.2, 0) is 90.5 Å². The first-order valence-electron chi connectivity index (χ1n) is 19.1. The van der Waals surface area contributed by atoms with Crippen LogP contribution in [0, 0.1) is 0 Å². The fraction of sp³-hybridized carbons (Fsp3) is 0.784. The predicted octanol–water partition coefficient (Wildman–Crippen LogP) is 0.427. The molecule has 3 N–H and O–H groups in total. The van der Waals surface area contributed by atoms with Crippen molar-refractivity contribution in [3.63, 3.8) is 0 Å². The Hall–Kier alpha value is -4.44. The molecule has 0 radical (unpaired) electrons. The molecule has 0 bridgehead atoms. The van der Waals surface area contributed by atoms with Crippen molar-refractivity contribution in [3.8, 4) is 0 Å². The van der Waals surface area contributed by atoms with E-state index < -0.39 is 135 Å². The molecule has 8 unspecified atom stereocenters. The first-order valence-corrected chi connectivity index (χ1v) is 19.1. The van der Waals surface area contributed by atoms with E-state index in [9.17, 15) is 38.4 Å². The summed E-state index contributed by atoms with van der Waals surface area (Å²) in [5.74, 6) is -6.63. The van der Waals surface area contributed by atoms with Gasteiger partial charge in [-0.25, -0.2) is 0 Å². The van der Waals surface area contributed by atoms with Crippen molar-refractivity contribution in [1.29, 1.82) is 0 Å². The van der Waals surface area contributed by atoms with Gasteiger partial charge in [0.2, 0.25) is 5.91 Å². The van der Waals surface area contributed by atoms with Crippen molar-refractivity contribution in [2.75, 3.05) is 26.4 Å². The van der Waals surface area contributed by atoms with Crippen LogP contribution < -0.4 is 11.1 Å². The lowest BCUT2D eigenvalue weighted by Crippen LogP contribution is -2.67. The highest BCUT2D eigenvalue weighted by Gasteiger charge is 2.57. The lowest BCUT2D eigenvalue weighted by Gasteiger charge is -2.48. The van der Waals surface area contributed by atoms with E-state index in [-0.39, 0.29) is 0 Å². The van der Waals surface area contributed by atoms with E-state index in [0.717, 1.165) is 87.0 Å². The quantitative estimate of drug-likeness (QED) is 0.0850. The SMILES string of the molecule is CCCCCCCCNC(=O)C(N)COC1OC(COC(C)=O)[C@@H](O[C@H]2OC(COC(C)=O)[C@@H](OC(C)=O)C(OC(C)=O)C2OC(C)=O)C(OC(C)=O)C1OC(C)=O. The highest BCUT2D eigenvalue weighted by atomic mass is 16.8. The molecule has 2 heterocycles. The Morgan fingerprint density at radius 1 is 0.534 bits per heavy atom. The molecule has 2 fully saturated rings. The standard InChI is InChI=1S/C37H58N2O19/c1-9-10-11-12-13-14-15-39-35(47)26(38)16-50-36-33(54-24(7)45)32(53-23(6)44)30(28(56-36)18-49-20(3)41)58-37-34(55-25(8)46)31(52-22(5)43)29(51-21(4)42)27(57-37)17-48-19(2)40/h26-34,36-37H,9-18,38H2,1-8H3,(H,39,47)/t26?,27?,28?,29-,30-,31?,32?,33?,34?,36?,37-/m1/s1. The summed E-state index contributed by atoms with van der Waals surface area (Å²) in [7, 11) is 0. The highest BCUT2D eigenvalue weighted by molar-refractivity contribution is 5.81. The number of carbonyl (C=O) groups excluding carboxylic acids is 8. The minimum Gasteiger partial charge on any atom is -0.463 e. The van der Waals surface area contributed by atoms with Crippen molar-refractivity contribution in [3.05, 3.63) is 0 Å². The molecule has 2 rings (SSSR count). The maximum atomic E-state index is 12.8. The lowest BCUT2D eigenvalue weighted by atomic mass is 9.96. The van der Waals surface area contributed by atoms with Gasteiger partial charge >= 0.3 is 41.8 Å². The molecule has 58 heavy (non-hydrogen) atoms. The van der Waals surface area contributed by atoms with Gasteiger partial charge in [-0.2, -0.15) is 0 Å². The first-order chi connectivity index (χ1) is 27.3. The third kappa shape index (κ3) is 17.2. The molecular formula is C37H58N2O19. The van der Waals surface area contributed by atoms with Gasteiger partial charge in [0.25, 0.3) is 0 Å². The number of hydrogen-bond acceptors (Lipinski definition) is 20. The van der Waals surface area contributed by atoms with Crippen LogP contribution >= 0.6 is 0 Å². The maximum absolute atomic E-state index is 12.8. The molecule has 21 heteroatoms. The van der Waals surface area contributed by atoms with Crippen LogP contribution in [0.15, 0.2) is 0 Å². The molecule has 0 saturated carbocycles. The minimum atomic E-state index is -1.84. The fourth-order valence-corrected chi connectivity index (χ4v) is 6.13. The van der Waals surface area contributed by atoms with Crippen LogP contribution in [-0.4, -0.2) is 142 Å². The van der Waals surface area contributed by atoms with E-state index in [4.69, 9.17) is 57.8 Å². The molecule has 11 atom stereocenters. The van der Waals surface area contributed by atoms with Crippen molar-refractivity contribution in [2.24, 2.45) is 5.73 Å². The van der Waals surface area contributed by atoms with Crippen LogP contribution in [0.3, 0.4) is 0 Å². The van der Waals surface area contributed by atoms with E-state index in [2.05, 4.69) is 12.2 Å². The van der Waals surface area contributed by atoms with E-state index in [1.165, 1.54) is 0 Å². The van der Waals surface area contributed by atoms with E-state index >= 15 is 0 Å². The third-order valence-electron chi connectivity index (χ3n) is 8.49. The first kappa shape index (κ1) is 49.7. The van der Waals surface area contributed by atoms with E-state index in [1.54, 1.807) is 0 Å². The van der Waals surface area contributed by atoms with Gasteiger partial charge in [0.05, 0.1) is 6.61 Å². The Morgan fingerprint density at radius 2 is 0.948 bits per heavy atom. The number of esters is 7. The average molecular weight is 835 g/mol. The summed E-state index contributed by atoms with van der Waals surface area (Å²) in [6, 6.07) is -1.23. The van der Waals surface area contributed by atoms with Gasteiger partial charge in [0, 0.05) is 55.0 Å². The Kier molecular flexibility index (Phi) is 21.5. The molecular weight excluding hydrogens is 776 g/mol. The normalized spacial score (nSPS) is 27.2. The maximum Gasteiger partial charge on any atom is 0.303 e. The third-order valence-corrected chi connectivity index (χ3v) is 8.49. The average Bonchev–Trinajstić information content (AvgIpc) is 3.11. The van der Waals surface area contributed by atoms with Gasteiger partial charge in [-0.1, -0.05) is 39.0 Å². The smallest absolute Gasteiger partial charge is 0.303 e. The number of hydrogen-bond donors (Lipinski definition) is 2. The van der Waals surface area contributed by atoms with Crippen molar-refractivity contribution in [1.82, 2.24) is 5.32 Å². The molecule has 0 aromatic carbocycles. The molecule has 0 spiro atoms. The summed E-state index contributed by atoms with van der Waals surface area (Å²) in [4.78, 5) is 98.8. The lowest BCUT2D eigenvalue weighted by molar-refractivity contribution is -0.361. The summed E-state index contributed by atoms with van der Waals surface area (Å²) < 4.78 is 62.2. The van der Waals surface area contributed by atoms with Gasteiger partial charge in [-0.3, -0.25) is 38.4 Å². The Morgan fingerprint density at radius 3 is 1.45 bits per heavy atom. The number of nitrogens with one attached hydrogen (secondary N) is 1. The van der Waals surface area contributed by atoms with Gasteiger partial charge in [0.15, 0.2) is 43.1 Å². The van der Waals surface area contributed by atoms with Crippen LogP contribution in [0.25, 0.3) is 0 Å². The zero-order chi connectivity index (χ0) is 43.5. The molecule has 0 aromatic rings. The van der Waals surface area contributed by atoms with Crippen LogP contribution in [0.1, 0.15) is 93.9 Å². The second-order valence-electron chi connectivity index (χ2n) is 13.7. The minimum absolute atomic E-state index is 0.381. The summed E-state index contributed by atoms with van der Waals surface area (Å²) in [5.41, 5.74) is 6.12. The zero-order valence-corrected chi connectivity index (χ0v) is 34.3. The molecule has 1 amide bonds. The van der Waals surface area contributed by atoms with E-state index in [0.29, 0.717) is 6.54 Å². The van der Waals surface area contributed by atoms with Gasteiger partial charge in [0.1, 0.15) is 37.6 Å². The fourth-order valence-electron chi connectivity index (χ4n) is 6.13. The molecule has 0 aromatic heterocycles. The number of unbranched alkanes of at least 4 members (excludes halogenated alkanes) is 5. The summed E-state index contributed by atoms with van der Waals surface area (Å²) in [6.45, 7) is 8.16. The Labute approximate surface area is 336 Å². The number of nitrogens with two attached hydrogens (primary N) is 1. The molecule has 330 valence electrons. The van der Waals surface area contributed by atoms with Crippen LogP contribution in [0.2, 0.25) is 0 Å². The molecule has 2 aliphatic rings. The molecule has 2 saturated heterocycles. The van der Waals surface area contributed by atoms with Crippen molar-refractivity contribution < 1.29 is 90.5 Å². The Balaban J connectivity index is 2.55. The van der Waals surface area contributed by atoms with E-state index in [1.807, 2.05) is 0 Å².